The zero-order chi connectivity index (χ0) is 6.74. The maximum absolute atomic E-state index is 9.00. The van der Waals surface area contributed by atoms with E-state index in [1.807, 2.05) is 11.8 Å². The average Bonchev–Trinajstić information content (AvgIpc) is 2.36. The van der Waals surface area contributed by atoms with Gasteiger partial charge in [-0.05, 0) is 19.1 Å². The summed E-state index contributed by atoms with van der Waals surface area (Å²) in [6.45, 7) is 0.369. The molecule has 0 amide bonds. The third kappa shape index (κ3) is 1.41. The first-order chi connectivity index (χ1) is 4.33. The fraction of sp³-hybridized carbons (Fsp3) is 1.00. The van der Waals surface area contributed by atoms with Crippen LogP contribution in [0.2, 0.25) is 0 Å². The maximum atomic E-state index is 9.00. The summed E-state index contributed by atoms with van der Waals surface area (Å²) >= 11 is 1.83. The molecular formula is C7H14OS. The van der Waals surface area contributed by atoms with Gasteiger partial charge >= 0.3 is 0 Å². The Labute approximate surface area is 60.8 Å². The minimum atomic E-state index is 0.250. The number of hydrogen-bond acceptors (Lipinski definition) is 2. The van der Waals surface area contributed by atoms with Gasteiger partial charge in [-0.3, -0.25) is 0 Å². The van der Waals surface area contributed by atoms with E-state index < -0.39 is 0 Å². The standard InChI is InChI=1S/C7H14OS/c1-9-7(6-8)4-2-3-5-7/h8H,2-6H2,1H3. The van der Waals surface area contributed by atoms with E-state index in [1.54, 1.807) is 0 Å². The molecule has 0 aromatic rings. The Morgan fingerprint density at radius 1 is 1.44 bits per heavy atom. The molecule has 1 saturated carbocycles. The topological polar surface area (TPSA) is 20.2 Å². The highest BCUT2D eigenvalue weighted by Gasteiger charge is 2.31. The van der Waals surface area contributed by atoms with E-state index in [2.05, 4.69) is 6.26 Å². The Morgan fingerprint density at radius 2 is 2.00 bits per heavy atom. The maximum Gasteiger partial charge on any atom is 0.0578 e. The number of thioether (sulfide) groups is 1. The first-order valence-corrected chi connectivity index (χ1v) is 4.71. The van der Waals surface area contributed by atoms with Gasteiger partial charge in [0.15, 0.2) is 0 Å². The predicted octanol–water partition coefficient (Wildman–Crippen LogP) is 1.65. The van der Waals surface area contributed by atoms with Crippen molar-refractivity contribution in [3.05, 3.63) is 0 Å². The zero-order valence-corrected chi connectivity index (χ0v) is 6.71. The van der Waals surface area contributed by atoms with Crippen LogP contribution in [0.5, 0.6) is 0 Å². The SMILES string of the molecule is CSC1(CO)CCCC1. The monoisotopic (exact) mass is 146 g/mol. The Balaban J connectivity index is 2.45. The molecule has 1 N–H and O–H groups in total. The van der Waals surface area contributed by atoms with Crippen LogP contribution in [0, 0.1) is 0 Å². The van der Waals surface area contributed by atoms with Gasteiger partial charge in [0.1, 0.15) is 0 Å². The second kappa shape index (κ2) is 2.93. The van der Waals surface area contributed by atoms with Gasteiger partial charge in [0, 0.05) is 4.75 Å². The van der Waals surface area contributed by atoms with E-state index >= 15 is 0 Å². The molecule has 54 valence electrons. The van der Waals surface area contributed by atoms with Gasteiger partial charge < -0.3 is 5.11 Å². The number of aliphatic hydroxyl groups excluding tert-OH is 1. The summed E-state index contributed by atoms with van der Waals surface area (Å²) < 4.78 is 0.250. The van der Waals surface area contributed by atoms with Gasteiger partial charge in [-0.1, -0.05) is 12.8 Å². The molecule has 0 atom stereocenters. The second-order valence-corrected chi connectivity index (χ2v) is 4.03. The van der Waals surface area contributed by atoms with Crippen molar-refractivity contribution in [2.75, 3.05) is 12.9 Å². The first-order valence-electron chi connectivity index (χ1n) is 3.49. The molecule has 0 aromatic heterocycles. The van der Waals surface area contributed by atoms with Crippen molar-refractivity contribution in [3.8, 4) is 0 Å². The van der Waals surface area contributed by atoms with E-state index in [1.165, 1.54) is 25.7 Å². The van der Waals surface area contributed by atoms with Crippen molar-refractivity contribution in [2.45, 2.75) is 30.4 Å². The van der Waals surface area contributed by atoms with Crippen LogP contribution in [0.15, 0.2) is 0 Å². The molecule has 2 heteroatoms. The zero-order valence-electron chi connectivity index (χ0n) is 5.89. The highest BCUT2D eigenvalue weighted by atomic mass is 32.2. The van der Waals surface area contributed by atoms with Gasteiger partial charge in [-0.15, -0.1) is 0 Å². The molecule has 0 aliphatic heterocycles. The summed E-state index contributed by atoms with van der Waals surface area (Å²) in [4.78, 5) is 0. The molecular weight excluding hydrogens is 132 g/mol. The molecule has 1 fully saturated rings. The molecule has 1 nitrogen and oxygen atoms in total. The van der Waals surface area contributed by atoms with Crippen LogP contribution < -0.4 is 0 Å². The molecule has 0 saturated heterocycles. The number of aliphatic hydroxyl groups is 1. The van der Waals surface area contributed by atoms with Crippen molar-refractivity contribution >= 4 is 11.8 Å². The lowest BCUT2D eigenvalue weighted by atomic mass is 10.1. The molecule has 0 unspecified atom stereocenters. The van der Waals surface area contributed by atoms with Crippen molar-refractivity contribution in [3.63, 3.8) is 0 Å². The van der Waals surface area contributed by atoms with Gasteiger partial charge in [0.25, 0.3) is 0 Å². The lowest BCUT2D eigenvalue weighted by Crippen LogP contribution is -2.24. The number of rotatable bonds is 2. The van der Waals surface area contributed by atoms with Crippen molar-refractivity contribution < 1.29 is 5.11 Å². The van der Waals surface area contributed by atoms with Crippen LogP contribution in [-0.4, -0.2) is 22.7 Å². The Hall–Kier alpha value is 0.310. The van der Waals surface area contributed by atoms with E-state index in [-0.39, 0.29) is 4.75 Å². The Morgan fingerprint density at radius 3 is 2.22 bits per heavy atom. The van der Waals surface area contributed by atoms with Crippen LogP contribution in [-0.2, 0) is 0 Å². The van der Waals surface area contributed by atoms with Gasteiger partial charge in [0.2, 0.25) is 0 Å². The van der Waals surface area contributed by atoms with Gasteiger partial charge in [0.05, 0.1) is 6.61 Å². The molecule has 0 aromatic carbocycles. The van der Waals surface area contributed by atoms with Crippen LogP contribution in [0.4, 0.5) is 0 Å². The van der Waals surface area contributed by atoms with Crippen molar-refractivity contribution in [1.29, 1.82) is 0 Å². The molecule has 0 heterocycles. The normalized spacial score (nSPS) is 24.7. The molecule has 1 rings (SSSR count). The quantitative estimate of drug-likeness (QED) is 0.639. The van der Waals surface area contributed by atoms with E-state index in [9.17, 15) is 0 Å². The Kier molecular flexibility index (Phi) is 2.42. The summed E-state index contributed by atoms with van der Waals surface area (Å²) in [7, 11) is 0. The van der Waals surface area contributed by atoms with Crippen molar-refractivity contribution in [1.82, 2.24) is 0 Å². The van der Waals surface area contributed by atoms with Crippen LogP contribution >= 0.6 is 11.8 Å². The molecule has 0 spiro atoms. The number of hydrogen-bond donors (Lipinski definition) is 1. The van der Waals surface area contributed by atoms with E-state index in [0.717, 1.165) is 0 Å². The molecule has 9 heavy (non-hydrogen) atoms. The summed E-state index contributed by atoms with van der Waals surface area (Å²) in [6, 6.07) is 0. The lowest BCUT2D eigenvalue weighted by molar-refractivity contribution is 0.250. The van der Waals surface area contributed by atoms with Crippen LogP contribution in [0.1, 0.15) is 25.7 Å². The first kappa shape index (κ1) is 7.42. The fourth-order valence-corrected chi connectivity index (χ4v) is 2.27. The van der Waals surface area contributed by atoms with Crippen molar-refractivity contribution in [2.24, 2.45) is 0 Å². The predicted molar refractivity (Wildman–Crippen MR) is 41.8 cm³/mol. The minimum Gasteiger partial charge on any atom is -0.395 e. The molecule has 1 aliphatic rings. The minimum absolute atomic E-state index is 0.250. The fourth-order valence-electron chi connectivity index (χ4n) is 1.45. The van der Waals surface area contributed by atoms with Gasteiger partial charge in [-0.2, -0.15) is 11.8 Å². The van der Waals surface area contributed by atoms with Crippen LogP contribution in [0.3, 0.4) is 0 Å². The highest BCUT2D eigenvalue weighted by molar-refractivity contribution is 8.00. The highest BCUT2D eigenvalue weighted by Crippen LogP contribution is 2.39. The van der Waals surface area contributed by atoms with Gasteiger partial charge in [-0.25, -0.2) is 0 Å². The smallest absolute Gasteiger partial charge is 0.0578 e. The summed E-state index contributed by atoms with van der Waals surface area (Å²) in [5.74, 6) is 0. The summed E-state index contributed by atoms with van der Waals surface area (Å²) in [5, 5.41) is 9.00. The average molecular weight is 146 g/mol. The summed E-state index contributed by atoms with van der Waals surface area (Å²) in [6.07, 6.45) is 7.14. The lowest BCUT2D eigenvalue weighted by Gasteiger charge is -2.22. The molecule has 0 bridgehead atoms. The molecule has 0 radical (unpaired) electrons. The third-order valence-electron chi connectivity index (χ3n) is 2.24. The largest absolute Gasteiger partial charge is 0.395 e. The third-order valence-corrected chi connectivity index (χ3v) is 3.64. The summed E-state index contributed by atoms with van der Waals surface area (Å²) in [5.41, 5.74) is 0. The van der Waals surface area contributed by atoms with Crippen LogP contribution in [0.25, 0.3) is 0 Å². The second-order valence-electron chi connectivity index (χ2n) is 2.75. The van der Waals surface area contributed by atoms with E-state index in [4.69, 9.17) is 5.11 Å². The van der Waals surface area contributed by atoms with E-state index in [0.29, 0.717) is 6.61 Å². The Bertz CT molecular complexity index is 80.9. The molecule has 1 aliphatic carbocycles.